The molecule has 106 valence electrons. The second kappa shape index (κ2) is 7.01. The van der Waals surface area contributed by atoms with Crippen LogP contribution in [0.2, 0.25) is 0 Å². The van der Waals surface area contributed by atoms with Gasteiger partial charge in [0.25, 0.3) is 0 Å². The van der Waals surface area contributed by atoms with Crippen LogP contribution in [0, 0.1) is 0 Å². The Hall–Kier alpha value is -1.94. The van der Waals surface area contributed by atoms with Crippen molar-refractivity contribution < 1.29 is 9.84 Å². The largest absolute Gasteiger partial charge is 0.490 e. The highest BCUT2D eigenvalue weighted by Crippen LogP contribution is 2.21. The summed E-state index contributed by atoms with van der Waals surface area (Å²) in [5.41, 5.74) is 1.85. The molecule has 2 rings (SSSR count). The molecular weight excluding hydrogens is 252 g/mol. The first-order valence-corrected chi connectivity index (χ1v) is 6.97. The van der Waals surface area contributed by atoms with E-state index in [1.54, 1.807) is 12.4 Å². The van der Waals surface area contributed by atoms with Crippen LogP contribution in [0.3, 0.4) is 0 Å². The zero-order valence-electron chi connectivity index (χ0n) is 11.9. The minimum atomic E-state index is -0.408. The summed E-state index contributed by atoms with van der Waals surface area (Å²) in [5.74, 6) is 1.35. The van der Waals surface area contributed by atoms with E-state index in [0.29, 0.717) is 24.6 Å². The van der Waals surface area contributed by atoms with Gasteiger partial charge in [0.05, 0.1) is 25.1 Å². The van der Waals surface area contributed by atoms with Crippen LogP contribution in [0.1, 0.15) is 38.4 Å². The molecule has 0 saturated carbocycles. The van der Waals surface area contributed by atoms with Crippen molar-refractivity contribution in [2.24, 2.45) is 0 Å². The van der Waals surface area contributed by atoms with E-state index in [1.807, 2.05) is 31.2 Å². The highest BCUT2D eigenvalue weighted by molar-refractivity contribution is 5.55. The summed E-state index contributed by atoms with van der Waals surface area (Å²) in [6, 6.07) is 7.68. The highest BCUT2D eigenvalue weighted by Gasteiger charge is 2.06. The third-order valence-electron chi connectivity index (χ3n) is 3.04. The molecule has 0 radical (unpaired) electrons. The summed E-state index contributed by atoms with van der Waals surface area (Å²) in [6.45, 7) is 4.69. The molecule has 1 aromatic heterocycles. The third-order valence-corrected chi connectivity index (χ3v) is 3.04. The number of benzene rings is 1. The van der Waals surface area contributed by atoms with E-state index in [1.165, 1.54) is 0 Å². The van der Waals surface area contributed by atoms with Crippen molar-refractivity contribution in [1.82, 2.24) is 9.97 Å². The number of aliphatic hydroxyl groups excluding tert-OH is 1. The van der Waals surface area contributed by atoms with Crippen LogP contribution >= 0.6 is 0 Å². The first-order valence-electron chi connectivity index (χ1n) is 6.97. The van der Waals surface area contributed by atoms with E-state index in [9.17, 15) is 5.11 Å². The Bertz CT molecular complexity index is 523. The lowest BCUT2D eigenvalue weighted by Gasteiger charge is -2.09. The number of aromatic nitrogens is 2. The van der Waals surface area contributed by atoms with E-state index in [0.717, 1.165) is 17.5 Å². The number of nitrogens with zero attached hydrogens (tertiary/aromatic N) is 2. The van der Waals surface area contributed by atoms with Gasteiger partial charge in [0.15, 0.2) is 11.6 Å². The van der Waals surface area contributed by atoms with Crippen LogP contribution in [0.5, 0.6) is 5.75 Å². The molecule has 0 amide bonds. The summed E-state index contributed by atoms with van der Waals surface area (Å²) >= 11 is 0. The molecule has 1 heterocycles. The fraction of sp³-hybridized carbons (Fsp3) is 0.375. The lowest BCUT2D eigenvalue weighted by Crippen LogP contribution is -1.98. The molecule has 4 heteroatoms. The van der Waals surface area contributed by atoms with Gasteiger partial charge < -0.3 is 9.84 Å². The Balaban J connectivity index is 2.11. The van der Waals surface area contributed by atoms with Gasteiger partial charge in [-0.3, -0.25) is 0 Å². The van der Waals surface area contributed by atoms with Gasteiger partial charge in [-0.1, -0.05) is 38.1 Å². The van der Waals surface area contributed by atoms with E-state index in [-0.39, 0.29) is 0 Å². The molecule has 1 unspecified atom stereocenters. The molecule has 20 heavy (non-hydrogen) atoms. The fourth-order valence-corrected chi connectivity index (χ4v) is 1.85. The molecular formula is C16H20N2O2. The Labute approximate surface area is 119 Å². The predicted molar refractivity (Wildman–Crippen MR) is 78.5 cm³/mol. The van der Waals surface area contributed by atoms with Gasteiger partial charge >= 0.3 is 0 Å². The fourth-order valence-electron chi connectivity index (χ4n) is 1.85. The third kappa shape index (κ3) is 3.54. The van der Waals surface area contributed by atoms with Crippen LogP contribution in [-0.4, -0.2) is 21.7 Å². The summed E-state index contributed by atoms with van der Waals surface area (Å²) < 4.78 is 5.45. The smallest absolute Gasteiger partial charge is 0.159 e. The molecule has 0 fully saturated rings. The van der Waals surface area contributed by atoms with E-state index >= 15 is 0 Å². The van der Waals surface area contributed by atoms with Crippen molar-refractivity contribution in [3.8, 4) is 17.1 Å². The van der Waals surface area contributed by atoms with Gasteiger partial charge in [0.1, 0.15) is 0 Å². The average Bonchev–Trinajstić information content (AvgIpc) is 2.53. The number of hydrogen-bond donors (Lipinski definition) is 1. The van der Waals surface area contributed by atoms with Crippen LogP contribution in [0.4, 0.5) is 0 Å². The molecule has 0 spiro atoms. The van der Waals surface area contributed by atoms with Crippen LogP contribution in [0.15, 0.2) is 36.7 Å². The number of hydrogen-bond acceptors (Lipinski definition) is 4. The van der Waals surface area contributed by atoms with Crippen LogP contribution in [-0.2, 0) is 0 Å². The van der Waals surface area contributed by atoms with Gasteiger partial charge in [-0.15, -0.1) is 0 Å². The zero-order chi connectivity index (χ0) is 14.4. The zero-order valence-corrected chi connectivity index (χ0v) is 11.9. The summed E-state index contributed by atoms with van der Waals surface area (Å²) in [7, 11) is 0. The Morgan fingerprint density at radius 1 is 1.10 bits per heavy atom. The molecule has 2 aromatic rings. The van der Waals surface area contributed by atoms with Crippen molar-refractivity contribution in [2.45, 2.75) is 32.8 Å². The van der Waals surface area contributed by atoms with E-state index in [4.69, 9.17) is 4.74 Å². The maximum absolute atomic E-state index is 9.76. The van der Waals surface area contributed by atoms with Gasteiger partial charge in [-0.05, 0) is 18.4 Å². The Morgan fingerprint density at radius 2 is 1.75 bits per heavy atom. The van der Waals surface area contributed by atoms with Gasteiger partial charge in [-0.25, -0.2) is 9.97 Å². The monoisotopic (exact) mass is 272 g/mol. The number of ether oxygens (including phenoxy) is 1. The van der Waals surface area contributed by atoms with Crippen LogP contribution < -0.4 is 4.74 Å². The van der Waals surface area contributed by atoms with Gasteiger partial charge in [0, 0.05) is 5.56 Å². The van der Waals surface area contributed by atoms with Gasteiger partial charge in [-0.2, -0.15) is 0 Å². The van der Waals surface area contributed by atoms with Gasteiger partial charge in [0.2, 0.25) is 0 Å². The highest BCUT2D eigenvalue weighted by atomic mass is 16.5. The van der Waals surface area contributed by atoms with Crippen molar-refractivity contribution in [1.29, 1.82) is 0 Å². The molecule has 0 aliphatic rings. The lowest BCUT2D eigenvalue weighted by molar-refractivity contribution is 0.173. The Kier molecular flexibility index (Phi) is 5.07. The minimum Gasteiger partial charge on any atom is -0.490 e. The van der Waals surface area contributed by atoms with Crippen molar-refractivity contribution in [2.75, 3.05) is 6.61 Å². The molecule has 0 saturated heterocycles. The first-order chi connectivity index (χ1) is 9.74. The number of rotatable bonds is 6. The first kappa shape index (κ1) is 14.5. The van der Waals surface area contributed by atoms with Crippen molar-refractivity contribution >= 4 is 0 Å². The summed E-state index contributed by atoms with van der Waals surface area (Å²) in [5, 5.41) is 9.76. The second-order valence-electron chi connectivity index (χ2n) is 4.64. The average molecular weight is 272 g/mol. The predicted octanol–water partition coefficient (Wildman–Crippen LogP) is 3.38. The second-order valence-corrected chi connectivity index (χ2v) is 4.64. The minimum absolute atomic E-state index is 0.408. The SMILES string of the molecule is CCCOc1cnc(-c2ccc(C(O)CC)cc2)nc1. The molecule has 0 aliphatic heterocycles. The van der Waals surface area contributed by atoms with E-state index < -0.39 is 6.10 Å². The molecule has 0 bridgehead atoms. The quantitative estimate of drug-likeness (QED) is 0.876. The standard InChI is InChI=1S/C16H20N2O2/c1-3-9-20-14-10-17-16(18-11-14)13-7-5-12(6-8-13)15(19)4-2/h5-8,10-11,15,19H,3-4,9H2,1-2H3. The Morgan fingerprint density at radius 3 is 2.30 bits per heavy atom. The van der Waals surface area contributed by atoms with Crippen LogP contribution in [0.25, 0.3) is 11.4 Å². The molecule has 1 atom stereocenters. The molecule has 1 aromatic carbocycles. The lowest BCUT2D eigenvalue weighted by atomic mass is 10.1. The number of aliphatic hydroxyl groups is 1. The van der Waals surface area contributed by atoms with E-state index in [2.05, 4.69) is 16.9 Å². The molecule has 1 N–H and O–H groups in total. The maximum Gasteiger partial charge on any atom is 0.159 e. The molecule has 0 aliphatic carbocycles. The molecule has 4 nitrogen and oxygen atoms in total. The summed E-state index contributed by atoms with van der Waals surface area (Å²) in [4.78, 5) is 8.60. The van der Waals surface area contributed by atoms with Crippen molar-refractivity contribution in [3.63, 3.8) is 0 Å². The summed E-state index contributed by atoms with van der Waals surface area (Å²) in [6.07, 6.45) is 4.64. The normalized spacial score (nSPS) is 12.2. The van der Waals surface area contributed by atoms with Crippen molar-refractivity contribution in [3.05, 3.63) is 42.2 Å². The topological polar surface area (TPSA) is 55.2 Å². The maximum atomic E-state index is 9.76.